The summed E-state index contributed by atoms with van der Waals surface area (Å²) in [4.78, 5) is 33.1. The summed E-state index contributed by atoms with van der Waals surface area (Å²) in [7, 11) is 0. The van der Waals surface area contributed by atoms with Gasteiger partial charge in [0.25, 0.3) is 5.91 Å². The second kappa shape index (κ2) is 6.65. The van der Waals surface area contributed by atoms with E-state index in [1.165, 1.54) is 19.1 Å². The lowest BCUT2D eigenvalue weighted by molar-refractivity contribution is -0.140. The van der Waals surface area contributed by atoms with Crippen molar-refractivity contribution >= 4 is 17.8 Å². The molecule has 0 bridgehead atoms. The third-order valence-corrected chi connectivity index (χ3v) is 2.68. The van der Waals surface area contributed by atoms with Crippen LogP contribution in [0.1, 0.15) is 28.8 Å². The number of benzene rings is 1. The second-order valence-corrected chi connectivity index (χ2v) is 4.26. The first-order valence-corrected chi connectivity index (χ1v) is 5.83. The minimum atomic E-state index is -1.34. The van der Waals surface area contributed by atoms with Crippen molar-refractivity contribution in [3.63, 3.8) is 0 Å². The molecule has 0 spiro atoms. The molecule has 1 amide bonds. The second-order valence-electron chi connectivity index (χ2n) is 4.26. The Kier molecular flexibility index (Phi) is 5.19. The molecule has 0 aliphatic carbocycles. The molecule has 3 N–H and O–H groups in total. The van der Waals surface area contributed by atoms with E-state index in [0.29, 0.717) is 5.56 Å². The third-order valence-electron chi connectivity index (χ3n) is 2.68. The van der Waals surface area contributed by atoms with Gasteiger partial charge in [-0.15, -0.1) is 0 Å². The highest BCUT2D eigenvalue weighted by Gasteiger charge is 2.21. The van der Waals surface area contributed by atoms with Crippen molar-refractivity contribution in [3.8, 4) is 0 Å². The van der Waals surface area contributed by atoms with Gasteiger partial charge < -0.3 is 15.5 Å². The molecule has 1 aromatic rings. The highest BCUT2D eigenvalue weighted by Crippen LogP contribution is 2.10. The van der Waals surface area contributed by atoms with Gasteiger partial charge in [-0.2, -0.15) is 0 Å². The van der Waals surface area contributed by atoms with Crippen LogP contribution < -0.4 is 5.32 Å². The summed E-state index contributed by atoms with van der Waals surface area (Å²) in [5, 5.41) is 19.6. The van der Waals surface area contributed by atoms with Crippen LogP contribution in [-0.2, 0) is 9.59 Å². The largest absolute Gasteiger partial charge is 0.481 e. The van der Waals surface area contributed by atoms with E-state index in [2.05, 4.69) is 5.32 Å². The van der Waals surface area contributed by atoms with Crippen LogP contribution in [0.4, 0.5) is 4.39 Å². The first kappa shape index (κ1) is 15.6. The Balaban J connectivity index is 2.77. The normalized spacial score (nSPS) is 11.7. The molecule has 0 aromatic heterocycles. The molecule has 108 valence electrons. The first-order valence-electron chi connectivity index (χ1n) is 5.83. The minimum Gasteiger partial charge on any atom is -0.481 e. The lowest BCUT2D eigenvalue weighted by Crippen LogP contribution is -2.41. The number of carboxylic acid groups (broad SMARTS) is 2. The van der Waals surface area contributed by atoms with Crippen molar-refractivity contribution in [1.82, 2.24) is 5.32 Å². The molecule has 6 nitrogen and oxygen atoms in total. The van der Waals surface area contributed by atoms with Gasteiger partial charge in [-0.1, -0.05) is 6.07 Å². The van der Waals surface area contributed by atoms with E-state index < -0.39 is 29.7 Å². The van der Waals surface area contributed by atoms with E-state index in [1.54, 1.807) is 0 Å². The Bertz CT molecular complexity index is 544. The molecule has 20 heavy (non-hydrogen) atoms. The van der Waals surface area contributed by atoms with E-state index in [4.69, 9.17) is 10.2 Å². The SMILES string of the molecule is Cc1ccc(C(=O)N[C@@H](CCC(=O)O)C(=O)O)cc1F. The van der Waals surface area contributed by atoms with Gasteiger partial charge in [-0.3, -0.25) is 9.59 Å². The monoisotopic (exact) mass is 283 g/mol. The van der Waals surface area contributed by atoms with Gasteiger partial charge in [-0.25, -0.2) is 9.18 Å². The van der Waals surface area contributed by atoms with Crippen molar-refractivity contribution in [1.29, 1.82) is 0 Å². The van der Waals surface area contributed by atoms with Crippen LogP contribution in [-0.4, -0.2) is 34.1 Å². The molecule has 0 saturated heterocycles. The lowest BCUT2D eigenvalue weighted by Gasteiger charge is -2.13. The number of amides is 1. The summed E-state index contributed by atoms with van der Waals surface area (Å²) < 4.78 is 13.3. The van der Waals surface area contributed by atoms with E-state index in [0.717, 1.165) is 6.07 Å². The molecule has 0 heterocycles. The highest BCUT2D eigenvalue weighted by molar-refractivity contribution is 5.96. The molecule has 0 fully saturated rings. The topological polar surface area (TPSA) is 104 Å². The Morgan fingerprint density at radius 2 is 1.95 bits per heavy atom. The lowest BCUT2D eigenvalue weighted by atomic mass is 10.1. The minimum absolute atomic E-state index is 0.0188. The molecule has 1 aromatic carbocycles. The predicted molar refractivity (Wildman–Crippen MR) is 66.9 cm³/mol. The summed E-state index contributed by atoms with van der Waals surface area (Å²) >= 11 is 0. The van der Waals surface area contributed by atoms with Crippen LogP contribution in [0.15, 0.2) is 18.2 Å². The standard InChI is InChI=1S/C13H14FNO5/c1-7-2-3-8(6-9(7)14)12(18)15-10(13(19)20)4-5-11(16)17/h2-3,6,10H,4-5H2,1H3,(H,15,18)(H,16,17)(H,19,20)/t10-/m0/s1. The Labute approximate surface area is 114 Å². The first-order chi connectivity index (χ1) is 9.31. The van der Waals surface area contributed by atoms with Crippen molar-refractivity contribution in [3.05, 3.63) is 35.1 Å². The maximum absolute atomic E-state index is 13.3. The third kappa shape index (κ3) is 4.34. The smallest absolute Gasteiger partial charge is 0.326 e. The number of aryl methyl sites for hydroxylation is 1. The summed E-state index contributed by atoms with van der Waals surface area (Å²) in [6.07, 6.45) is -0.635. The van der Waals surface area contributed by atoms with Gasteiger partial charge in [0.15, 0.2) is 0 Å². The van der Waals surface area contributed by atoms with E-state index in [-0.39, 0.29) is 18.4 Å². The van der Waals surface area contributed by atoms with Crippen molar-refractivity contribution in [2.75, 3.05) is 0 Å². The number of rotatable bonds is 6. The number of carboxylic acids is 2. The molecule has 0 radical (unpaired) electrons. The molecular weight excluding hydrogens is 269 g/mol. The average molecular weight is 283 g/mol. The van der Waals surface area contributed by atoms with Crippen molar-refractivity contribution in [2.24, 2.45) is 0 Å². The zero-order valence-corrected chi connectivity index (χ0v) is 10.7. The average Bonchev–Trinajstić information content (AvgIpc) is 2.36. The highest BCUT2D eigenvalue weighted by atomic mass is 19.1. The predicted octanol–water partition coefficient (Wildman–Crippen LogP) is 1.18. The van der Waals surface area contributed by atoms with Crippen molar-refractivity contribution < 1.29 is 29.0 Å². The molecule has 0 aliphatic heterocycles. The van der Waals surface area contributed by atoms with Crippen LogP contribution in [0.25, 0.3) is 0 Å². The molecule has 0 unspecified atom stereocenters. The zero-order chi connectivity index (χ0) is 15.3. The fourth-order valence-electron chi connectivity index (χ4n) is 1.50. The molecule has 0 aliphatic rings. The zero-order valence-electron chi connectivity index (χ0n) is 10.7. The van der Waals surface area contributed by atoms with Gasteiger partial charge in [-0.05, 0) is 31.0 Å². The van der Waals surface area contributed by atoms with Gasteiger partial charge in [0.2, 0.25) is 0 Å². The summed E-state index contributed by atoms with van der Waals surface area (Å²) in [6, 6.07) is 2.44. The van der Waals surface area contributed by atoms with Gasteiger partial charge >= 0.3 is 11.9 Å². The van der Waals surface area contributed by atoms with E-state index >= 15 is 0 Å². The summed E-state index contributed by atoms with van der Waals surface area (Å²) in [5.41, 5.74) is 0.344. The molecule has 1 atom stereocenters. The van der Waals surface area contributed by atoms with E-state index in [9.17, 15) is 18.8 Å². The molecule has 7 heteroatoms. The number of carbonyl (C=O) groups excluding carboxylic acids is 1. The van der Waals surface area contributed by atoms with Crippen LogP contribution in [0.2, 0.25) is 0 Å². The van der Waals surface area contributed by atoms with E-state index in [1.807, 2.05) is 0 Å². The van der Waals surface area contributed by atoms with Crippen LogP contribution in [0.3, 0.4) is 0 Å². The summed E-state index contributed by atoms with van der Waals surface area (Å²) in [5.74, 6) is -3.84. The number of aliphatic carboxylic acids is 2. The van der Waals surface area contributed by atoms with Crippen LogP contribution >= 0.6 is 0 Å². The van der Waals surface area contributed by atoms with Crippen molar-refractivity contribution in [2.45, 2.75) is 25.8 Å². The van der Waals surface area contributed by atoms with Gasteiger partial charge in [0.05, 0.1) is 0 Å². The number of halogens is 1. The number of nitrogens with one attached hydrogen (secondary N) is 1. The number of carbonyl (C=O) groups is 3. The molecule has 0 saturated carbocycles. The quantitative estimate of drug-likeness (QED) is 0.727. The molecule has 1 rings (SSSR count). The fraction of sp³-hybridized carbons (Fsp3) is 0.308. The summed E-state index contributed by atoms with van der Waals surface area (Å²) in [6.45, 7) is 1.53. The van der Waals surface area contributed by atoms with Crippen LogP contribution in [0.5, 0.6) is 0 Å². The number of hydrogen-bond acceptors (Lipinski definition) is 3. The fourth-order valence-corrected chi connectivity index (χ4v) is 1.50. The van der Waals surface area contributed by atoms with Crippen LogP contribution in [0, 0.1) is 12.7 Å². The Morgan fingerprint density at radius 1 is 1.30 bits per heavy atom. The Hall–Kier alpha value is -2.44. The maximum atomic E-state index is 13.3. The number of hydrogen-bond donors (Lipinski definition) is 3. The van der Waals surface area contributed by atoms with Gasteiger partial charge in [0, 0.05) is 12.0 Å². The Morgan fingerprint density at radius 3 is 2.45 bits per heavy atom. The maximum Gasteiger partial charge on any atom is 0.326 e. The van der Waals surface area contributed by atoms with Gasteiger partial charge in [0.1, 0.15) is 11.9 Å². The molecular formula is C13H14FNO5.